The number of nitrogens with zero attached hydrogens (tertiary/aromatic N) is 2. The number of rotatable bonds is 6. The van der Waals surface area contributed by atoms with E-state index in [1.807, 2.05) is 31.2 Å². The van der Waals surface area contributed by atoms with Crippen LogP contribution < -0.4 is 15.0 Å². The van der Waals surface area contributed by atoms with Crippen LogP contribution in [-0.2, 0) is 16.1 Å². The van der Waals surface area contributed by atoms with Gasteiger partial charge in [0.15, 0.2) is 11.6 Å². The number of unbranched alkanes of at least 4 members (excludes halogenated alkanes) is 1. The first-order valence-electron chi connectivity index (χ1n) is 8.95. The number of amides is 2. The van der Waals surface area contributed by atoms with E-state index in [4.69, 9.17) is 4.74 Å². The maximum absolute atomic E-state index is 13.1. The first kappa shape index (κ1) is 19.4. The molecule has 7 heteroatoms. The molecule has 0 radical (unpaired) electrons. The van der Waals surface area contributed by atoms with Gasteiger partial charge >= 0.3 is 0 Å². The summed E-state index contributed by atoms with van der Waals surface area (Å²) in [6, 6.07) is 11.1. The molecule has 1 aliphatic heterocycles. The van der Waals surface area contributed by atoms with Crippen LogP contribution in [0.25, 0.3) is 0 Å². The van der Waals surface area contributed by atoms with Gasteiger partial charge in [0, 0.05) is 23.8 Å². The van der Waals surface area contributed by atoms with E-state index in [1.165, 1.54) is 6.92 Å². The van der Waals surface area contributed by atoms with Gasteiger partial charge in [-0.1, -0.05) is 47.5 Å². The van der Waals surface area contributed by atoms with E-state index in [9.17, 15) is 9.59 Å². The predicted octanol–water partition coefficient (Wildman–Crippen LogP) is 3.44. The van der Waals surface area contributed by atoms with Crippen LogP contribution >= 0.6 is 15.9 Å². The maximum atomic E-state index is 13.1. The molecule has 0 bridgehead atoms. The lowest BCUT2D eigenvalue weighted by Crippen LogP contribution is -2.62. The van der Waals surface area contributed by atoms with Gasteiger partial charge in [0.1, 0.15) is 0 Å². The second-order valence-corrected chi connectivity index (χ2v) is 7.40. The number of anilines is 1. The monoisotopic (exact) mass is 431 g/mol. The van der Waals surface area contributed by atoms with Gasteiger partial charge in [0.05, 0.1) is 0 Å². The van der Waals surface area contributed by atoms with Crippen molar-refractivity contribution in [3.05, 3.63) is 52.6 Å². The number of hydrogen-bond acceptors (Lipinski definition) is 4. The second kappa shape index (κ2) is 8.08. The Morgan fingerprint density at radius 2 is 2.07 bits per heavy atom. The minimum absolute atomic E-state index is 0.293. The quantitative estimate of drug-likeness (QED) is 0.710. The molecule has 2 heterocycles. The van der Waals surface area contributed by atoms with Crippen LogP contribution in [0.3, 0.4) is 0 Å². The number of nitrogens with one attached hydrogen (secondary N) is 1. The molecule has 1 aromatic heterocycles. The minimum atomic E-state index is -1.63. The van der Waals surface area contributed by atoms with E-state index in [0.717, 1.165) is 22.9 Å². The van der Waals surface area contributed by atoms with Gasteiger partial charge in [-0.3, -0.25) is 14.5 Å². The topological polar surface area (TPSA) is 71.5 Å². The lowest BCUT2D eigenvalue weighted by atomic mass is 10.0. The van der Waals surface area contributed by atoms with Crippen molar-refractivity contribution in [1.82, 2.24) is 10.3 Å². The molecule has 3 rings (SSSR count). The Balaban J connectivity index is 1.84. The van der Waals surface area contributed by atoms with Gasteiger partial charge < -0.3 is 10.1 Å². The van der Waals surface area contributed by atoms with E-state index in [-0.39, 0.29) is 0 Å². The smallest absolute Gasteiger partial charge is 0.282 e. The molecule has 1 aliphatic rings. The number of fused-ring (bicyclic) bond motifs is 1. The molecule has 0 saturated carbocycles. The molecule has 142 valence electrons. The Morgan fingerprint density at radius 1 is 1.30 bits per heavy atom. The molecule has 0 spiro atoms. The van der Waals surface area contributed by atoms with Gasteiger partial charge in [-0.2, -0.15) is 0 Å². The number of benzene rings is 1. The summed E-state index contributed by atoms with van der Waals surface area (Å²) in [5, 5.41) is 2.83. The first-order valence-corrected chi connectivity index (χ1v) is 9.74. The molecule has 1 aromatic carbocycles. The summed E-state index contributed by atoms with van der Waals surface area (Å²) in [7, 11) is 0. The van der Waals surface area contributed by atoms with Crippen molar-refractivity contribution in [3.63, 3.8) is 0 Å². The van der Waals surface area contributed by atoms with E-state index < -0.39 is 17.4 Å². The number of hydrogen-bond donors (Lipinski definition) is 1. The van der Waals surface area contributed by atoms with Crippen molar-refractivity contribution in [2.75, 3.05) is 11.4 Å². The molecule has 6 nitrogen and oxygen atoms in total. The zero-order valence-corrected chi connectivity index (χ0v) is 17.0. The third kappa shape index (κ3) is 3.83. The molecule has 2 aromatic rings. The maximum Gasteiger partial charge on any atom is 0.282 e. The van der Waals surface area contributed by atoms with Crippen molar-refractivity contribution in [2.24, 2.45) is 0 Å². The predicted molar refractivity (Wildman–Crippen MR) is 107 cm³/mol. The Kier molecular flexibility index (Phi) is 5.79. The molecular weight excluding hydrogens is 410 g/mol. The van der Waals surface area contributed by atoms with E-state index in [2.05, 4.69) is 26.2 Å². The third-order valence-corrected chi connectivity index (χ3v) is 5.31. The lowest BCUT2D eigenvalue weighted by Gasteiger charge is -2.38. The normalized spacial score (nSPS) is 18.6. The molecule has 27 heavy (non-hydrogen) atoms. The molecule has 1 atom stereocenters. The molecule has 2 amide bonds. The fourth-order valence-corrected chi connectivity index (χ4v) is 3.36. The lowest BCUT2D eigenvalue weighted by molar-refractivity contribution is -0.148. The summed E-state index contributed by atoms with van der Waals surface area (Å²) in [4.78, 5) is 31.9. The van der Waals surface area contributed by atoms with Crippen molar-refractivity contribution in [1.29, 1.82) is 0 Å². The average Bonchev–Trinajstić information content (AvgIpc) is 2.67. The molecule has 0 fully saturated rings. The van der Waals surface area contributed by atoms with Crippen LogP contribution in [0.4, 0.5) is 5.82 Å². The highest BCUT2D eigenvalue weighted by atomic mass is 79.9. The van der Waals surface area contributed by atoms with Gasteiger partial charge in [-0.25, -0.2) is 4.98 Å². The summed E-state index contributed by atoms with van der Waals surface area (Å²) < 4.78 is 6.74. The Morgan fingerprint density at radius 3 is 2.81 bits per heavy atom. The number of halogens is 1. The van der Waals surface area contributed by atoms with Gasteiger partial charge in [0.25, 0.3) is 17.4 Å². The standard InChI is InChI=1S/C20H22BrN3O3/c1-3-4-12-24-17-16(10-7-11-22-17)27-20(2,19(24)26)18(25)23-13-14-8-5-6-9-15(14)21/h5-11H,3-4,12-13H2,1-2H3,(H,23,25)/t20-/m0/s1. The van der Waals surface area contributed by atoms with Crippen molar-refractivity contribution in [2.45, 2.75) is 38.8 Å². The van der Waals surface area contributed by atoms with Crippen LogP contribution in [0.5, 0.6) is 5.75 Å². The number of ether oxygens (including phenoxy) is 1. The van der Waals surface area contributed by atoms with E-state index >= 15 is 0 Å². The highest BCUT2D eigenvalue weighted by molar-refractivity contribution is 9.10. The van der Waals surface area contributed by atoms with Crippen LogP contribution in [0.15, 0.2) is 47.1 Å². The molecule has 0 aliphatic carbocycles. The third-order valence-electron chi connectivity index (χ3n) is 4.54. The average molecular weight is 432 g/mol. The largest absolute Gasteiger partial charge is 0.464 e. The summed E-state index contributed by atoms with van der Waals surface area (Å²) >= 11 is 3.46. The Bertz CT molecular complexity index is 858. The number of aromatic nitrogens is 1. The SMILES string of the molecule is CCCCN1C(=O)[C@](C)(C(=O)NCc2ccccc2Br)Oc2cccnc21. The van der Waals surface area contributed by atoms with Gasteiger partial charge in [-0.05, 0) is 37.1 Å². The number of carbonyl (C=O) groups excluding carboxylic acids is 2. The highest BCUT2D eigenvalue weighted by Gasteiger charge is 2.50. The molecular formula is C20H22BrN3O3. The van der Waals surface area contributed by atoms with Gasteiger partial charge in [-0.15, -0.1) is 0 Å². The summed E-state index contributed by atoms with van der Waals surface area (Å²) in [6.07, 6.45) is 3.36. The van der Waals surface area contributed by atoms with Crippen LogP contribution in [0.2, 0.25) is 0 Å². The van der Waals surface area contributed by atoms with Crippen molar-refractivity contribution >= 4 is 33.6 Å². The number of carbonyl (C=O) groups is 2. The minimum Gasteiger partial charge on any atom is -0.464 e. The van der Waals surface area contributed by atoms with Crippen molar-refractivity contribution < 1.29 is 14.3 Å². The van der Waals surface area contributed by atoms with Crippen LogP contribution in [0, 0.1) is 0 Å². The van der Waals surface area contributed by atoms with Crippen molar-refractivity contribution in [3.8, 4) is 5.75 Å². The van der Waals surface area contributed by atoms with Crippen LogP contribution in [0.1, 0.15) is 32.3 Å². The second-order valence-electron chi connectivity index (χ2n) is 6.54. The fourth-order valence-electron chi connectivity index (χ4n) is 2.93. The molecule has 1 N–H and O–H groups in total. The van der Waals surface area contributed by atoms with E-state index in [0.29, 0.717) is 24.7 Å². The Labute approximate surface area is 167 Å². The first-order chi connectivity index (χ1) is 13.0. The Hall–Kier alpha value is -2.41. The summed E-state index contributed by atoms with van der Waals surface area (Å²) in [5.41, 5.74) is -0.715. The fraction of sp³-hybridized carbons (Fsp3) is 0.350. The molecule has 0 unspecified atom stereocenters. The number of pyridine rings is 1. The zero-order chi connectivity index (χ0) is 19.4. The zero-order valence-electron chi connectivity index (χ0n) is 15.4. The van der Waals surface area contributed by atoms with Crippen LogP contribution in [-0.4, -0.2) is 28.9 Å². The summed E-state index contributed by atoms with van der Waals surface area (Å²) in [5.74, 6) is 0.0322. The van der Waals surface area contributed by atoms with E-state index in [1.54, 1.807) is 23.2 Å². The molecule has 0 saturated heterocycles. The summed E-state index contributed by atoms with van der Waals surface area (Å²) in [6.45, 7) is 4.35. The van der Waals surface area contributed by atoms with Gasteiger partial charge in [0.2, 0.25) is 0 Å². The highest BCUT2D eigenvalue weighted by Crippen LogP contribution is 2.36.